The fourth-order valence-electron chi connectivity index (χ4n) is 2.23. The third-order valence-corrected chi connectivity index (χ3v) is 3.52. The molecule has 0 radical (unpaired) electrons. The Balaban J connectivity index is 1.64. The second-order valence-corrected chi connectivity index (χ2v) is 5.32. The highest BCUT2D eigenvalue weighted by Crippen LogP contribution is 2.22. The molecule has 0 aliphatic carbocycles. The Kier molecular flexibility index (Phi) is 4.99. The lowest BCUT2D eigenvalue weighted by Gasteiger charge is -2.09. The number of hydrogen-bond acceptors (Lipinski definition) is 3. The molecule has 2 N–H and O–H groups in total. The first-order valence-electron chi connectivity index (χ1n) is 7.63. The molecule has 0 bridgehead atoms. The van der Waals surface area contributed by atoms with E-state index in [9.17, 15) is 13.6 Å². The van der Waals surface area contributed by atoms with E-state index in [0.717, 1.165) is 17.7 Å². The molecule has 0 aliphatic rings. The normalized spacial score (nSPS) is 10.3. The Morgan fingerprint density at radius 2 is 1.64 bits per heavy atom. The number of hydrogen-bond donors (Lipinski definition) is 2. The van der Waals surface area contributed by atoms with Crippen LogP contribution in [0, 0.1) is 11.6 Å². The van der Waals surface area contributed by atoms with E-state index in [0.29, 0.717) is 12.2 Å². The van der Waals surface area contributed by atoms with Crippen LogP contribution in [0.5, 0.6) is 0 Å². The van der Waals surface area contributed by atoms with E-state index in [1.165, 1.54) is 24.4 Å². The van der Waals surface area contributed by atoms with Crippen LogP contribution in [0.15, 0.2) is 66.9 Å². The standard InChI is InChI=1S/C19H15F2N3O/c20-15-7-4-8-16(21)18(15)24-14-9-10-17(22-12-14)19(25)23-11-13-5-2-1-3-6-13/h1-10,12,24H,11H2,(H,23,25). The van der Waals surface area contributed by atoms with Crippen molar-refractivity contribution in [2.45, 2.75) is 6.54 Å². The summed E-state index contributed by atoms with van der Waals surface area (Å²) in [5, 5.41) is 5.38. The summed E-state index contributed by atoms with van der Waals surface area (Å²) in [7, 11) is 0. The van der Waals surface area contributed by atoms with Crippen molar-refractivity contribution in [2.75, 3.05) is 5.32 Å². The predicted octanol–water partition coefficient (Wildman–Crippen LogP) is 4.03. The van der Waals surface area contributed by atoms with Crippen LogP contribution in [0.2, 0.25) is 0 Å². The van der Waals surface area contributed by atoms with Crippen LogP contribution in [-0.4, -0.2) is 10.9 Å². The lowest BCUT2D eigenvalue weighted by Crippen LogP contribution is -2.23. The highest BCUT2D eigenvalue weighted by molar-refractivity contribution is 5.92. The van der Waals surface area contributed by atoms with E-state index in [1.54, 1.807) is 0 Å². The highest BCUT2D eigenvalue weighted by Gasteiger charge is 2.10. The molecule has 0 atom stereocenters. The van der Waals surface area contributed by atoms with Crippen LogP contribution in [0.4, 0.5) is 20.2 Å². The lowest BCUT2D eigenvalue weighted by molar-refractivity contribution is 0.0946. The second-order valence-electron chi connectivity index (χ2n) is 5.32. The third kappa shape index (κ3) is 4.17. The molecule has 0 unspecified atom stereocenters. The maximum absolute atomic E-state index is 13.6. The third-order valence-electron chi connectivity index (χ3n) is 3.52. The van der Waals surface area contributed by atoms with Crippen molar-refractivity contribution in [1.29, 1.82) is 0 Å². The highest BCUT2D eigenvalue weighted by atomic mass is 19.1. The molecule has 0 fully saturated rings. The predicted molar refractivity (Wildman–Crippen MR) is 91.5 cm³/mol. The molecule has 126 valence electrons. The Morgan fingerprint density at radius 1 is 0.920 bits per heavy atom. The van der Waals surface area contributed by atoms with Gasteiger partial charge in [-0.15, -0.1) is 0 Å². The van der Waals surface area contributed by atoms with Gasteiger partial charge < -0.3 is 10.6 Å². The topological polar surface area (TPSA) is 54.0 Å². The largest absolute Gasteiger partial charge is 0.349 e. The van der Waals surface area contributed by atoms with Gasteiger partial charge in [0.15, 0.2) is 0 Å². The van der Waals surface area contributed by atoms with Crippen molar-refractivity contribution < 1.29 is 13.6 Å². The zero-order chi connectivity index (χ0) is 17.6. The molecule has 1 amide bonds. The van der Waals surface area contributed by atoms with Gasteiger partial charge in [-0.1, -0.05) is 36.4 Å². The van der Waals surface area contributed by atoms with Crippen molar-refractivity contribution in [3.05, 3.63) is 89.8 Å². The number of pyridine rings is 1. The average molecular weight is 339 g/mol. The number of para-hydroxylation sites is 1. The van der Waals surface area contributed by atoms with Gasteiger partial charge in [0.25, 0.3) is 5.91 Å². The molecule has 0 aliphatic heterocycles. The first-order chi connectivity index (χ1) is 12.1. The number of benzene rings is 2. The minimum absolute atomic E-state index is 0.218. The molecular formula is C19H15F2N3O. The quantitative estimate of drug-likeness (QED) is 0.738. The maximum Gasteiger partial charge on any atom is 0.270 e. The lowest BCUT2D eigenvalue weighted by atomic mass is 10.2. The zero-order valence-electron chi connectivity index (χ0n) is 13.2. The number of nitrogens with zero attached hydrogens (tertiary/aromatic N) is 1. The number of carbonyl (C=O) groups is 1. The number of halogens is 2. The first kappa shape index (κ1) is 16.6. The molecular weight excluding hydrogens is 324 g/mol. The summed E-state index contributed by atoms with van der Waals surface area (Å²) in [5.74, 6) is -1.73. The smallest absolute Gasteiger partial charge is 0.270 e. The zero-order valence-corrected chi connectivity index (χ0v) is 13.2. The van der Waals surface area contributed by atoms with E-state index < -0.39 is 11.6 Å². The van der Waals surface area contributed by atoms with Crippen LogP contribution in [0.3, 0.4) is 0 Å². The fourth-order valence-corrected chi connectivity index (χ4v) is 2.23. The van der Waals surface area contributed by atoms with Gasteiger partial charge in [-0.3, -0.25) is 4.79 Å². The minimum Gasteiger partial charge on any atom is -0.349 e. The van der Waals surface area contributed by atoms with Crippen LogP contribution in [0.1, 0.15) is 16.1 Å². The Hall–Kier alpha value is -3.28. The van der Waals surface area contributed by atoms with Crippen LogP contribution >= 0.6 is 0 Å². The molecule has 0 saturated heterocycles. The molecule has 6 heteroatoms. The van der Waals surface area contributed by atoms with Crippen molar-refractivity contribution in [3.8, 4) is 0 Å². The average Bonchev–Trinajstić information content (AvgIpc) is 2.64. The molecule has 0 spiro atoms. The van der Waals surface area contributed by atoms with Crippen LogP contribution in [-0.2, 0) is 6.54 Å². The summed E-state index contributed by atoms with van der Waals surface area (Å²) in [4.78, 5) is 16.1. The molecule has 3 aromatic rings. The number of rotatable bonds is 5. The van der Waals surface area contributed by atoms with E-state index in [1.807, 2.05) is 30.3 Å². The van der Waals surface area contributed by atoms with Crippen LogP contribution < -0.4 is 10.6 Å². The number of nitrogens with one attached hydrogen (secondary N) is 2. The molecule has 2 aromatic carbocycles. The number of aromatic nitrogens is 1. The number of anilines is 2. The molecule has 3 rings (SSSR count). The van der Waals surface area contributed by atoms with Gasteiger partial charge in [0.2, 0.25) is 0 Å². The Labute approximate surface area is 143 Å². The number of amides is 1. The fraction of sp³-hybridized carbons (Fsp3) is 0.0526. The monoisotopic (exact) mass is 339 g/mol. The summed E-state index contributed by atoms with van der Waals surface area (Å²) in [6.45, 7) is 0.391. The van der Waals surface area contributed by atoms with Gasteiger partial charge in [-0.2, -0.15) is 0 Å². The van der Waals surface area contributed by atoms with E-state index >= 15 is 0 Å². The minimum atomic E-state index is -0.704. The molecule has 1 heterocycles. The SMILES string of the molecule is O=C(NCc1ccccc1)c1ccc(Nc2c(F)cccc2F)cn1. The molecule has 0 saturated carbocycles. The first-order valence-corrected chi connectivity index (χ1v) is 7.63. The van der Waals surface area contributed by atoms with Gasteiger partial charge in [0, 0.05) is 6.54 Å². The van der Waals surface area contributed by atoms with Gasteiger partial charge >= 0.3 is 0 Å². The Bertz CT molecular complexity index is 847. The summed E-state index contributed by atoms with van der Waals surface area (Å²) in [6, 6.07) is 16.1. The summed E-state index contributed by atoms with van der Waals surface area (Å²) in [6.07, 6.45) is 1.35. The number of carbonyl (C=O) groups excluding carboxylic acids is 1. The molecule has 4 nitrogen and oxygen atoms in total. The van der Waals surface area contributed by atoms with Gasteiger partial charge in [-0.05, 0) is 29.8 Å². The van der Waals surface area contributed by atoms with Crippen molar-refractivity contribution in [2.24, 2.45) is 0 Å². The van der Waals surface area contributed by atoms with Crippen LogP contribution in [0.25, 0.3) is 0 Å². The van der Waals surface area contributed by atoms with E-state index in [2.05, 4.69) is 15.6 Å². The maximum atomic E-state index is 13.6. The van der Waals surface area contributed by atoms with Gasteiger partial charge in [0.1, 0.15) is 23.0 Å². The van der Waals surface area contributed by atoms with E-state index in [-0.39, 0.29) is 17.3 Å². The second kappa shape index (κ2) is 7.53. The molecule has 1 aromatic heterocycles. The summed E-state index contributed by atoms with van der Waals surface area (Å²) < 4.78 is 27.2. The van der Waals surface area contributed by atoms with Crippen molar-refractivity contribution in [1.82, 2.24) is 10.3 Å². The van der Waals surface area contributed by atoms with E-state index in [4.69, 9.17) is 0 Å². The molecule has 25 heavy (non-hydrogen) atoms. The summed E-state index contributed by atoms with van der Waals surface area (Å²) >= 11 is 0. The van der Waals surface area contributed by atoms with Gasteiger partial charge in [0.05, 0.1) is 11.9 Å². The van der Waals surface area contributed by atoms with Crippen molar-refractivity contribution >= 4 is 17.3 Å². The Morgan fingerprint density at radius 3 is 2.28 bits per heavy atom. The van der Waals surface area contributed by atoms with Gasteiger partial charge in [-0.25, -0.2) is 13.8 Å². The summed E-state index contributed by atoms with van der Waals surface area (Å²) in [5.41, 5.74) is 1.31. The van der Waals surface area contributed by atoms with Crippen molar-refractivity contribution in [3.63, 3.8) is 0 Å².